The average molecular weight is 180 g/mol. The predicted octanol–water partition coefficient (Wildman–Crippen LogP) is 0.860. The Morgan fingerprint density at radius 2 is 2.38 bits per heavy atom. The summed E-state index contributed by atoms with van der Waals surface area (Å²) in [4.78, 5) is 4.18. The van der Waals surface area contributed by atoms with E-state index in [2.05, 4.69) is 10.3 Å². The van der Waals surface area contributed by atoms with Gasteiger partial charge < -0.3 is 10.4 Å². The van der Waals surface area contributed by atoms with Crippen molar-refractivity contribution in [3.63, 3.8) is 0 Å². The van der Waals surface area contributed by atoms with E-state index >= 15 is 0 Å². The van der Waals surface area contributed by atoms with Crippen molar-refractivity contribution in [3.05, 3.63) is 29.6 Å². The van der Waals surface area contributed by atoms with Gasteiger partial charge in [-0.3, -0.25) is 4.98 Å². The van der Waals surface area contributed by atoms with Crippen molar-refractivity contribution in [1.29, 1.82) is 0 Å². The maximum atomic E-state index is 8.80. The van der Waals surface area contributed by atoms with Crippen LogP contribution in [0.3, 0.4) is 0 Å². The summed E-state index contributed by atoms with van der Waals surface area (Å²) < 4.78 is 0. The van der Waals surface area contributed by atoms with Crippen LogP contribution in [0.5, 0.6) is 0 Å². The van der Waals surface area contributed by atoms with E-state index in [0.717, 1.165) is 12.2 Å². The second-order valence-electron chi connectivity index (χ2n) is 3.21. The number of aliphatic hydroxyl groups excluding tert-OH is 1. The zero-order valence-corrected chi connectivity index (χ0v) is 8.12. The first kappa shape index (κ1) is 10.2. The van der Waals surface area contributed by atoms with E-state index in [9.17, 15) is 0 Å². The lowest BCUT2D eigenvalue weighted by Crippen LogP contribution is -2.28. The van der Waals surface area contributed by atoms with Gasteiger partial charge in [0.1, 0.15) is 0 Å². The van der Waals surface area contributed by atoms with Gasteiger partial charge in [0.2, 0.25) is 0 Å². The maximum absolute atomic E-state index is 8.80. The van der Waals surface area contributed by atoms with Crippen LogP contribution in [0, 0.1) is 6.92 Å². The lowest BCUT2D eigenvalue weighted by Gasteiger charge is -2.11. The largest absolute Gasteiger partial charge is 0.395 e. The molecule has 72 valence electrons. The highest BCUT2D eigenvalue weighted by atomic mass is 16.3. The van der Waals surface area contributed by atoms with Crippen LogP contribution < -0.4 is 5.32 Å². The Bertz CT molecular complexity index is 263. The van der Waals surface area contributed by atoms with Gasteiger partial charge in [-0.15, -0.1) is 0 Å². The zero-order valence-electron chi connectivity index (χ0n) is 8.12. The van der Waals surface area contributed by atoms with Crippen LogP contribution in [0.15, 0.2) is 18.3 Å². The van der Waals surface area contributed by atoms with Gasteiger partial charge in [0.25, 0.3) is 0 Å². The van der Waals surface area contributed by atoms with Crippen LogP contribution >= 0.6 is 0 Å². The molecule has 0 aliphatic rings. The smallest absolute Gasteiger partial charge is 0.0582 e. The van der Waals surface area contributed by atoms with Crippen molar-refractivity contribution in [2.45, 2.75) is 26.4 Å². The molecule has 1 rings (SSSR count). The molecule has 13 heavy (non-hydrogen) atoms. The van der Waals surface area contributed by atoms with Crippen molar-refractivity contribution < 1.29 is 5.11 Å². The standard InChI is InChI=1S/C10H16N2O/c1-8(7-13)12-6-10-4-3-5-11-9(10)2/h3-5,8,12-13H,6-7H2,1-2H3/t8-/m0/s1. The number of hydrogen-bond donors (Lipinski definition) is 2. The van der Waals surface area contributed by atoms with E-state index in [-0.39, 0.29) is 12.6 Å². The van der Waals surface area contributed by atoms with Crippen LogP contribution in [0.1, 0.15) is 18.2 Å². The Morgan fingerprint density at radius 1 is 1.62 bits per heavy atom. The second kappa shape index (κ2) is 4.94. The first-order valence-corrected chi connectivity index (χ1v) is 4.48. The molecule has 1 aromatic rings. The van der Waals surface area contributed by atoms with Gasteiger partial charge in [-0.25, -0.2) is 0 Å². The number of aromatic nitrogens is 1. The molecule has 1 aromatic heterocycles. The molecule has 0 fully saturated rings. The topological polar surface area (TPSA) is 45.2 Å². The summed E-state index contributed by atoms with van der Waals surface area (Å²) in [6, 6.07) is 4.10. The van der Waals surface area contributed by atoms with Gasteiger partial charge >= 0.3 is 0 Å². The van der Waals surface area contributed by atoms with E-state index in [1.54, 1.807) is 6.20 Å². The van der Waals surface area contributed by atoms with Crippen LogP contribution in [0.25, 0.3) is 0 Å². The van der Waals surface area contributed by atoms with Crippen LogP contribution in [0.4, 0.5) is 0 Å². The van der Waals surface area contributed by atoms with Gasteiger partial charge in [0.05, 0.1) is 6.61 Å². The molecule has 0 saturated carbocycles. The Morgan fingerprint density at radius 3 is 3.00 bits per heavy atom. The van der Waals surface area contributed by atoms with Crippen molar-refractivity contribution in [3.8, 4) is 0 Å². The maximum Gasteiger partial charge on any atom is 0.0582 e. The van der Waals surface area contributed by atoms with Crippen LogP contribution in [-0.4, -0.2) is 22.7 Å². The van der Waals surface area contributed by atoms with E-state index in [1.807, 2.05) is 26.0 Å². The third-order valence-electron chi connectivity index (χ3n) is 2.03. The summed E-state index contributed by atoms with van der Waals surface area (Å²) in [7, 11) is 0. The molecule has 0 aliphatic carbocycles. The lowest BCUT2D eigenvalue weighted by molar-refractivity contribution is 0.251. The Hall–Kier alpha value is -0.930. The Balaban J connectivity index is 2.50. The van der Waals surface area contributed by atoms with Crippen molar-refractivity contribution >= 4 is 0 Å². The Kier molecular flexibility index (Phi) is 3.86. The summed E-state index contributed by atoms with van der Waals surface area (Å²) in [5.74, 6) is 0. The molecule has 0 spiro atoms. The van der Waals surface area contributed by atoms with Gasteiger partial charge in [0, 0.05) is 24.5 Å². The highest BCUT2D eigenvalue weighted by Crippen LogP contribution is 2.02. The number of nitrogens with zero attached hydrogens (tertiary/aromatic N) is 1. The summed E-state index contributed by atoms with van der Waals surface area (Å²) in [6.45, 7) is 4.87. The minimum absolute atomic E-state index is 0.139. The third kappa shape index (κ3) is 3.13. The molecule has 1 atom stereocenters. The van der Waals surface area contributed by atoms with Gasteiger partial charge in [-0.2, -0.15) is 0 Å². The second-order valence-corrected chi connectivity index (χ2v) is 3.21. The number of nitrogens with one attached hydrogen (secondary N) is 1. The molecule has 3 heteroatoms. The summed E-state index contributed by atoms with van der Waals surface area (Å²) in [5, 5.41) is 12.0. The van der Waals surface area contributed by atoms with Crippen molar-refractivity contribution in [2.75, 3.05) is 6.61 Å². The van der Waals surface area contributed by atoms with Gasteiger partial charge in [0.15, 0.2) is 0 Å². The quantitative estimate of drug-likeness (QED) is 0.722. The highest BCUT2D eigenvalue weighted by Gasteiger charge is 2.01. The molecule has 3 nitrogen and oxygen atoms in total. The van der Waals surface area contributed by atoms with E-state index in [4.69, 9.17) is 5.11 Å². The SMILES string of the molecule is Cc1ncccc1CN[C@@H](C)CO. The molecule has 0 saturated heterocycles. The molecule has 0 bridgehead atoms. The summed E-state index contributed by atoms with van der Waals surface area (Å²) >= 11 is 0. The molecule has 0 aromatic carbocycles. The molecular weight excluding hydrogens is 164 g/mol. The number of pyridine rings is 1. The zero-order chi connectivity index (χ0) is 9.68. The molecular formula is C10H16N2O. The molecule has 0 radical (unpaired) electrons. The number of hydrogen-bond acceptors (Lipinski definition) is 3. The van der Waals surface area contributed by atoms with Crippen molar-refractivity contribution in [1.82, 2.24) is 10.3 Å². The van der Waals surface area contributed by atoms with E-state index in [1.165, 1.54) is 5.56 Å². The fourth-order valence-corrected chi connectivity index (χ4v) is 1.05. The summed E-state index contributed by atoms with van der Waals surface area (Å²) in [6.07, 6.45) is 1.79. The van der Waals surface area contributed by atoms with Crippen LogP contribution in [-0.2, 0) is 6.54 Å². The Labute approximate surface area is 78.8 Å². The number of rotatable bonds is 4. The predicted molar refractivity (Wildman–Crippen MR) is 52.4 cm³/mol. The van der Waals surface area contributed by atoms with E-state index in [0.29, 0.717) is 0 Å². The highest BCUT2D eigenvalue weighted by molar-refractivity contribution is 5.17. The molecule has 0 unspecified atom stereocenters. The van der Waals surface area contributed by atoms with Gasteiger partial charge in [-0.1, -0.05) is 6.07 Å². The normalized spacial score (nSPS) is 12.8. The number of aliphatic hydroxyl groups is 1. The van der Waals surface area contributed by atoms with Gasteiger partial charge in [-0.05, 0) is 25.5 Å². The third-order valence-corrected chi connectivity index (χ3v) is 2.03. The molecule has 0 aliphatic heterocycles. The minimum Gasteiger partial charge on any atom is -0.395 e. The minimum atomic E-state index is 0.139. The monoisotopic (exact) mass is 180 g/mol. The summed E-state index contributed by atoms with van der Waals surface area (Å²) in [5.41, 5.74) is 2.22. The molecule has 1 heterocycles. The first-order chi connectivity index (χ1) is 6.24. The van der Waals surface area contributed by atoms with Crippen LogP contribution in [0.2, 0.25) is 0 Å². The lowest BCUT2D eigenvalue weighted by atomic mass is 10.2. The van der Waals surface area contributed by atoms with E-state index < -0.39 is 0 Å². The number of aryl methyl sites for hydroxylation is 1. The molecule has 2 N–H and O–H groups in total. The molecule has 0 amide bonds. The fraction of sp³-hybridized carbons (Fsp3) is 0.500. The van der Waals surface area contributed by atoms with Crippen molar-refractivity contribution in [2.24, 2.45) is 0 Å². The first-order valence-electron chi connectivity index (χ1n) is 4.48. The average Bonchev–Trinajstić information content (AvgIpc) is 2.16. The fourth-order valence-electron chi connectivity index (χ4n) is 1.05.